The molecule has 0 radical (unpaired) electrons. The number of nitro benzene ring substituents is 1. The molecule has 0 spiro atoms. The van der Waals surface area contributed by atoms with Crippen molar-refractivity contribution in [3.63, 3.8) is 0 Å². The summed E-state index contributed by atoms with van der Waals surface area (Å²) in [7, 11) is 0. The average Bonchev–Trinajstić information content (AvgIpc) is 2.46. The van der Waals surface area contributed by atoms with Crippen molar-refractivity contribution in [2.75, 3.05) is 0 Å². The Morgan fingerprint density at radius 3 is 2.42 bits per heavy atom. The number of rotatable bonds is 5. The molecule has 2 rings (SSSR count). The average molecular weight is 257 g/mol. The van der Waals surface area contributed by atoms with E-state index < -0.39 is 4.92 Å². The Kier molecular flexibility index (Phi) is 4.20. The molecule has 1 aromatic heterocycles. The summed E-state index contributed by atoms with van der Waals surface area (Å²) in [5.41, 5.74) is 2.30. The van der Waals surface area contributed by atoms with Crippen LogP contribution in [0.2, 0.25) is 0 Å². The van der Waals surface area contributed by atoms with Gasteiger partial charge in [-0.15, -0.1) is 0 Å². The molecular weight excluding hydrogens is 242 g/mol. The molecule has 0 aliphatic rings. The maximum Gasteiger partial charge on any atom is 0.269 e. The van der Waals surface area contributed by atoms with E-state index in [9.17, 15) is 10.1 Å². The van der Waals surface area contributed by atoms with Crippen LogP contribution in [-0.2, 0) is 6.54 Å². The molecule has 1 N–H and O–H groups in total. The van der Waals surface area contributed by atoms with Crippen molar-refractivity contribution < 1.29 is 4.92 Å². The lowest BCUT2D eigenvalue weighted by Gasteiger charge is -2.14. The molecule has 0 saturated carbocycles. The maximum absolute atomic E-state index is 10.6. The minimum atomic E-state index is -0.390. The monoisotopic (exact) mass is 257 g/mol. The Labute approximate surface area is 111 Å². The molecule has 0 bridgehead atoms. The van der Waals surface area contributed by atoms with E-state index in [4.69, 9.17) is 0 Å². The SMILES string of the molecule is CC(NCc1ccncc1)c1ccc([N+](=O)[O-])cc1. The highest BCUT2D eigenvalue weighted by Crippen LogP contribution is 2.17. The van der Waals surface area contributed by atoms with Gasteiger partial charge in [-0.3, -0.25) is 15.1 Å². The third kappa shape index (κ3) is 3.59. The van der Waals surface area contributed by atoms with Gasteiger partial charge in [0.15, 0.2) is 0 Å². The van der Waals surface area contributed by atoms with Crippen molar-refractivity contribution in [1.82, 2.24) is 10.3 Å². The van der Waals surface area contributed by atoms with Crippen molar-refractivity contribution in [2.24, 2.45) is 0 Å². The highest BCUT2D eigenvalue weighted by molar-refractivity contribution is 5.34. The highest BCUT2D eigenvalue weighted by Gasteiger charge is 2.08. The lowest BCUT2D eigenvalue weighted by atomic mass is 10.1. The molecule has 0 fully saturated rings. The van der Waals surface area contributed by atoms with Gasteiger partial charge in [-0.2, -0.15) is 0 Å². The van der Waals surface area contributed by atoms with Crippen LogP contribution in [0.1, 0.15) is 24.1 Å². The number of non-ortho nitro benzene ring substituents is 1. The second-order valence-electron chi connectivity index (χ2n) is 4.31. The molecule has 1 heterocycles. The summed E-state index contributed by atoms with van der Waals surface area (Å²) in [6.45, 7) is 2.77. The number of benzene rings is 1. The standard InChI is InChI=1S/C14H15N3O2/c1-11(16-10-12-6-8-15-9-7-12)13-2-4-14(5-3-13)17(18)19/h2-9,11,16H,10H2,1H3. The van der Waals surface area contributed by atoms with E-state index >= 15 is 0 Å². The van der Waals surface area contributed by atoms with Gasteiger partial charge in [0.05, 0.1) is 4.92 Å². The van der Waals surface area contributed by atoms with Gasteiger partial charge >= 0.3 is 0 Å². The fraction of sp³-hybridized carbons (Fsp3) is 0.214. The first kappa shape index (κ1) is 13.2. The quantitative estimate of drug-likeness (QED) is 0.660. The zero-order chi connectivity index (χ0) is 13.7. The number of pyridine rings is 1. The third-order valence-electron chi connectivity index (χ3n) is 2.97. The van der Waals surface area contributed by atoms with E-state index in [1.807, 2.05) is 19.1 Å². The molecule has 1 unspecified atom stereocenters. The largest absolute Gasteiger partial charge is 0.306 e. The Morgan fingerprint density at radius 1 is 1.21 bits per heavy atom. The first-order valence-electron chi connectivity index (χ1n) is 6.03. The zero-order valence-corrected chi connectivity index (χ0v) is 10.6. The Hall–Kier alpha value is -2.27. The van der Waals surface area contributed by atoms with Crippen molar-refractivity contribution in [3.05, 3.63) is 70.0 Å². The molecule has 5 nitrogen and oxygen atoms in total. The van der Waals surface area contributed by atoms with E-state index in [-0.39, 0.29) is 11.7 Å². The number of nitrogens with one attached hydrogen (secondary N) is 1. The van der Waals surface area contributed by atoms with Crippen LogP contribution < -0.4 is 5.32 Å². The van der Waals surface area contributed by atoms with Crippen molar-refractivity contribution in [2.45, 2.75) is 19.5 Å². The Balaban J connectivity index is 1.96. The van der Waals surface area contributed by atoms with Crippen LogP contribution in [0.3, 0.4) is 0 Å². The van der Waals surface area contributed by atoms with Crippen LogP contribution in [0.15, 0.2) is 48.8 Å². The summed E-state index contributed by atoms with van der Waals surface area (Å²) >= 11 is 0. The van der Waals surface area contributed by atoms with Gasteiger partial charge in [0.1, 0.15) is 0 Å². The maximum atomic E-state index is 10.6. The number of nitrogens with zero attached hydrogens (tertiary/aromatic N) is 2. The predicted molar refractivity (Wildman–Crippen MR) is 72.6 cm³/mol. The number of nitro groups is 1. The topological polar surface area (TPSA) is 68.1 Å². The summed E-state index contributed by atoms with van der Waals surface area (Å²) in [5.74, 6) is 0. The predicted octanol–water partition coefficient (Wildman–Crippen LogP) is 2.84. The van der Waals surface area contributed by atoms with Crippen molar-refractivity contribution in [3.8, 4) is 0 Å². The van der Waals surface area contributed by atoms with Crippen LogP contribution in [0.25, 0.3) is 0 Å². The zero-order valence-electron chi connectivity index (χ0n) is 10.6. The molecule has 1 aromatic carbocycles. The summed E-state index contributed by atoms with van der Waals surface area (Å²) in [5, 5.41) is 13.9. The second kappa shape index (κ2) is 6.06. The molecular formula is C14H15N3O2. The number of aromatic nitrogens is 1. The van der Waals surface area contributed by atoms with E-state index in [0.717, 1.165) is 17.7 Å². The van der Waals surface area contributed by atoms with E-state index in [1.165, 1.54) is 12.1 Å². The number of hydrogen-bond acceptors (Lipinski definition) is 4. The van der Waals surface area contributed by atoms with Crippen LogP contribution in [0, 0.1) is 10.1 Å². The fourth-order valence-electron chi connectivity index (χ4n) is 1.77. The minimum Gasteiger partial charge on any atom is -0.306 e. The van der Waals surface area contributed by atoms with E-state index in [1.54, 1.807) is 24.5 Å². The molecule has 98 valence electrons. The minimum absolute atomic E-state index is 0.116. The summed E-state index contributed by atoms with van der Waals surface area (Å²) < 4.78 is 0. The lowest BCUT2D eigenvalue weighted by molar-refractivity contribution is -0.384. The molecule has 0 amide bonds. The Bertz CT molecular complexity index is 540. The van der Waals surface area contributed by atoms with Crippen LogP contribution in [0.4, 0.5) is 5.69 Å². The van der Waals surface area contributed by atoms with Gasteiger partial charge in [0, 0.05) is 37.1 Å². The lowest BCUT2D eigenvalue weighted by Crippen LogP contribution is -2.18. The highest BCUT2D eigenvalue weighted by atomic mass is 16.6. The Morgan fingerprint density at radius 2 is 1.84 bits per heavy atom. The number of hydrogen-bond donors (Lipinski definition) is 1. The van der Waals surface area contributed by atoms with Crippen LogP contribution in [0.5, 0.6) is 0 Å². The first-order valence-corrected chi connectivity index (χ1v) is 6.03. The van der Waals surface area contributed by atoms with Gasteiger partial charge in [-0.1, -0.05) is 12.1 Å². The molecule has 5 heteroatoms. The summed E-state index contributed by atoms with van der Waals surface area (Å²) in [6, 6.07) is 10.7. The molecule has 19 heavy (non-hydrogen) atoms. The smallest absolute Gasteiger partial charge is 0.269 e. The third-order valence-corrected chi connectivity index (χ3v) is 2.97. The van der Waals surface area contributed by atoms with E-state index in [2.05, 4.69) is 10.3 Å². The van der Waals surface area contributed by atoms with Gasteiger partial charge in [0.25, 0.3) is 5.69 Å². The summed E-state index contributed by atoms with van der Waals surface area (Å²) in [6.07, 6.45) is 3.51. The van der Waals surface area contributed by atoms with Gasteiger partial charge in [-0.05, 0) is 30.2 Å². The van der Waals surface area contributed by atoms with Crippen molar-refractivity contribution >= 4 is 5.69 Å². The molecule has 0 aliphatic heterocycles. The normalized spacial score (nSPS) is 12.1. The molecule has 1 atom stereocenters. The van der Waals surface area contributed by atoms with E-state index in [0.29, 0.717) is 0 Å². The van der Waals surface area contributed by atoms with Crippen LogP contribution in [-0.4, -0.2) is 9.91 Å². The fourth-order valence-corrected chi connectivity index (χ4v) is 1.77. The summed E-state index contributed by atoms with van der Waals surface area (Å²) in [4.78, 5) is 14.2. The van der Waals surface area contributed by atoms with Gasteiger partial charge in [-0.25, -0.2) is 0 Å². The molecule has 2 aromatic rings. The van der Waals surface area contributed by atoms with Crippen LogP contribution >= 0.6 is 0 Å². The van der Waals surface area contributed by atoms with Gasteiger partial charge < -0.3 is 5.32 Å². The van der Waals surface area contributed by atoms with Crippen molar-refractivity contribution in [1.29, 1.82) is 0 Å². The molecule has 0 saturated heterocycles. The first-order chi connectivity index (χ1) is 9.16. The van der Waals surface area contributed by atoms with Gasteiger partial charge in [0.2, 0.25) is 0 Å². The molecule has 0 aliphatic carbocycles. The second-order valence-corrected chi connectivity index (χ2v) is 4.31.